The van der Waals surface area contributed by atoms with E-state index in [2.05, 4.69) is 20.5 Å². The summed E-state index contributed by atoms with van der Waals surface area (Å²) < 4.78 is 1.89. The van der Waals surface area contributed by atoms with Crippen LogP contribution in [0.15, 0.2) is 6.20 Å². The lowest BCUT2D eigenvalue weighted by Gasteiger charge is -2.22. The molecule has 0 aliphatic carbocycles. The largest absolute Gasteiger partial charge is 0.342 e. The van der Waals surface area contributed by atoms with Crippen molar-refractivity contribution in [2.45, 2.75) is 38.9 Å². The van der Waals surface area contributed by atoms with Gasteiger partial charge in [0, 0.05) is 26.2 Å². The highest BCUT2D eigenvalue weighted by Gasteiger charge is 2.32. The molecule has 1 N–H and O–H groups in total. The van der Waals surface area contributed by atoms with Crippen LogP contribution >= 0.6 is 24.8 Å². The molecule has 2 rings (SSSR count). The van der Waals surface area contributed by atoms with Gasteiger partial charge in [0.15, 0.2) is 0 Å². The molecule has 23 heavy (non-hydrogen) atoms. The second kappa shape index (κ2) is 10.1. The predicted octanol–water partition coefficient (Wildman–Crippen LogP) is 0.955. The van der Waals surface area contributed by atoms with Crippen LogP contribution in [0.4, 0.5) is 0 Å². The molecule has 134 valence electrons. The van der Waals surface area contributed by atoms with Crippen molar-refractivity contribution in [3.8, 4) is 0 Å². The molecular weight excluding hydrogens is 339 g/mol. The van der Waals surface area contributed by atoms with Crippen LogP contribution in [0.2, 0.25) is 0 Å². The Labute approximate surface area is 150 Å². The maximum absolute atomic E-state index is 12.3. The van der Waals surface area contributed by atoms with Crippen LogP contribution < -0.4 is 5.32 Å². The number of likely N-dealkylation sites (N-methyl/N-ethyl adjacent to an activating group) is 1. The van der Waals surface area contributed by atoms with E-state index in [1.165, 1.54) is 0 Å². The second-order valence-electron chi connectivity index (χ2n) is 5.79. The van der Waals surface area contributed by atoms with Crippen molar-refractivity contribution in [2.24, 2.45) is 0 Å². The van der Waals surface area contributed by atoms with Gasteiger partial charge in [-0.25, -0.2) is 4.68 Å². The van der Waals surface area contributed by atoms with Gasteiger partial charge in [-0.3, -0.25) is 4.79 Å². The van der Waals surface area contributed by atoms with Crippen LogP contribution in [-0.4, -0.2) is 70.5 Å². The Bertz CT molecular complexity index is 478. The number of hydrogen-bond donors (Lipinski definition) is 1. The van der Waals surface area contributed by atoms with E-state index < -0.39 is 0 Å². The molecule has 0 radical (unpaired) electrons. The molecule has 7 nitrogen and oxygen atoms in total. The molecule has 2 heterocycles. The summed E-state index contributed by atoms with van der Waals surface area (Å²) in [7, 11) is 4.02. The summed E-state index contributed by atoms with van der Waals surface area (Å²) in [5.74, 6) is 0.191. The van der Waals surface area contributed by atoms with Gasteiger partial charge in [-0.1, -0.05) is 5.21 Å². The van der Waals surface area contributed by atoms with E-state index in [1.807, 2.05) is 43.7 Å². The zero-order valence-electron chi connectivity index (χ0n) is 14.2. The molecule has 0 unspecified atom stereocenters. The van der Waals surface area contributed by atoms with Crippen molar-refractivity contribution in [2.75, 3.05) is 33.7 Å². The number of carbonyl (C=O) groups excluding carboxylic acids is 1. The minimum Gasteiger partial charge on any atom is -0.342 e. The van der Waals surface area contributed by atoms with Gasteiger partial charge in [-0.15, -0.1) is 29.9 Å². The first-order chi connectivity index (χ1) is 10.0. The molecular formula is C14H28Cl2N6O. The van der Waals surface area contributed by atoms with E-state index in [0.717, 1.165) is 38.3 Å². The molecule has 1 saturated heterocycles. The first-order valence-corrected chi connectivity index (χ1v) is 7.62. The smallest absolute Gasteiger partial charge is 0.239 e. The van der Waals surface area contributed by atoms with Crippen LogP contribution in [0.3, 0.4) is 0 Å². The molecule has 1 amide bonds. The van der Waals surface area contributed by atoms with Crippen LogP contribution in [0.25, 0.3) is 0 Å². The molecule has 1 aliphatic rings. The maximum Gasteiger partial charge on any atom is 0.239 e. The van der Waals surface area contributed by atoms with Gasteiger partial charge in [-0.05, 0) is 34.4 Å². The molecule has 0 bridgehead atoms. The fraction of sp³-hybridized carbons (Fsp3) is 0.786. The SMILES string of the molecule is CCN(CC)C(=O)[C@@H]1C[C@@H](n2cc(CN(C)C)nn2)CN1.Cl.Cl. The number of carbonyl (C=O) groups is 1. The number of hydrogen-bond acceptors (Lipinski definition) is 5. The van der Waals surface area contributed by atoms with Crippen molar-refractivity contribution in [3.63, 3.8) is 0 Å². The van der Waals surface area contributed by atoms with Crippen LogP contribution in [0.1, 0.15) is 32.0 Å². The van der Waals surface area contributed by atoms with Crippen molar-refractivity contribution >= 4 is 30.7 Å². The van der Waals surface area contributed by atoms with E-state index in [1.54, 1.807) is 0 Å². The van der Waals surface area contributed by atoms with E-state index in [0.29, 0.717) is 0 Å². The Morgan fingerprint density at radius 2 is 2.00 bits per heavy atom. The molecule has 2 atom stereocenters. The van der Waals surface area contributed by atoms with E-state index in [-0.39, 0.29) is 42.8 Å². The topological polar surface area (TPSA) is 66.3 Å². The van der Waals surface area contributed by atoms with Crippen molar-refractivity contribution < 1.29 is 4.79 Å². The lowest BCUT2D eigenvalue weighted by Crippen LogP contribution is -2.43. The van der Waals surface area contributed by atoms with Gasteiger partial charge < -0.3 is 15.1 Å². The third-order valence-electron chi connectivity index (χ3n) is 3.89. The van der Waals surface area contributed by atoms with Gasteiger partial charge in [0.25, 0.3) is 0 Å². The number of rotatable bonds is 6. The Hall–Kier alpha value is -0.890. The lowest BCUT2D eigenvalue weighted by molar-refractivity contribution is -0.132. The lowest BCUT2D eigenvalue weighted by atomic mass is 10.1. The highest BCUT2D eigenvalue weighted by Crippen LogP contribution is 2.20. The number of aromatic nitrogens is 3. The first kappa shape index (κ1) is 22.1. The molecule has 0 spiro atoms. The Balaban J connectivity index is 0.00000242. The maximum atomic E-state index is 12.3. The third-order valence-corrected chi connectivity index (χ3v) is 3.89. The summed E-state index contributed by atoms with van der Waals surface area (Å²) in [6.07, 6.45) is 2.76. The fourth-order valence-corrected chi connectivity index (χ4v) is 2.75. The molecule has 9 heteroatoms. The average Bonchev–Trinajstić information content (AvgIpc) is 3.07. The number of nitrogens with zero attached hydrogens (tertiary/aromatic N) is 5. The van der Waals surface area contributed by atoms with Crippen LogP contribution in [-0.2, 0) is 11.3 Å². The zero-order valence-corrected chi connectivity index (χ0v) is 15.9. The normalized spacial score (nSPS) is 20.0. The molecule has 1 aliphatic heterocycles. The second-order valence-corrected chi connectivity index (χ2v) is 5.79. The summed E-state index contributed by atoms with van der Waals surface area (Å²) in [5.41, 5.74) is 0.957. The van der Waals surface area contributed by atoms with Gasteiger partial charge >= 0.3 is 0 Å². The van der Waals surface area contributed by atoms with Crippen LogP contribution in [0, 0.1) is 0 Å². The highest BCUT2D eigenvalue weighted by molar-refractivity contribution is 5.85. The van der Waals surface area contributed by atoms with Crippen molar-refractivity contribution in [1.82, 2.24) is 30.1 Å². The molecule has 1 aromatic rings. The van der Waals surface area contributed by atoms with Crippen molar-refractivity contribution in [1.29, 1.82) is 0 Å². The summed E-state index contributed by atoms with van der Waals surface area (Å²) in [4.78, 5) is 16.3. The minimum atomic E-state index is -0.101. The number of amides is 1. The van der Waals surface area contributed by atoms with Crippen molar-refractivity contribution in [3.05, 3.63) is 11.9 Å². The summed E-state index contributed by atoms with van der Waals surface area (Å²) in [5, 5.41) is 11.7. The van der Waals surface area contributed by atoms with Gasteiger partial charge in [0.1, 0.15) is 0 Å². The zero-order chi connectivity index (χ0) is 15.4. The van der Waals surface area contributed by atoms with Gasteiger partial charge in [-0.2, -0.15) is 0 Å². The number of halogens is 2. The summed E-state index contributed by atoms with van der Waals surface area (Å²) in [6, 6.07) is 0.106. The Morgan fingerprint density at radius 1 is 1.35 bits per heavy atom. The molecule has 1 fully saturated rings. The quantitative estimate of drug-likeness (QED) is 0.811. The van der Waals surface area contributed by atoms with E-state index in [9.17, 15) is 4.79 Å². The van der Waals surface area contributed by atoms with Gasteiger partial charge in [0.05, 0.1) is 24.0 Å². The Morgan fingerprint density at radius 3 is 2.57 bits per heavy atom. The van der Waals surface area contributed by atoms with Gasteiger partial charge in [0.2, 0.25) is 5.91 Å². The molecule has 0 aromatic carbocycles. The summed E-state index contributed by atoms with van der Waals surface area (Å²) >= 11 is 0. The predicted molar refractivity (Wildman–Crippen MR) is 95.3 cm³/mol. The Kier molecular flexibility index (Phi) is 9.68. The minimum absolute atomic E-state index is 0. The summed E-state index contributed by atoms with van der Waals surface area (Å²) in [6.45, 7) is 7.09. The van der Waals surface area contributed by atoms with E-state index in [4.69, 9.17) is 0 Å². The third kappa shape index (κ3) is 5.60. The molecule has 1 aromatic heterocycles. The first-order valence-electron chi connectivity index (χ1n) is 7.62. The van der Waals surface area contributed by atoms with E-state index >= 15 is 0 Å². The molecule has 0 saturated carbocycles. The fourth-order valence-electron chi connectivity index (χ4n) is 2.75. The standard InChI is InChI=1S/C14H26N6O.2ClH/c1-5-19(6-2)14(21)13-7-12(8-15-13)20-10-11(16-17-20)9-18(3)4;;/h10,12-13,15H,5-9H2,1-4H3;2*1H/t12-,13+;;/m1../s1. The highest BCUT2D eigenvalue weighted by atomic mass is 35.5. The number of nitrogens with one attached hydrogen (secondary N) is 1. The van der Waals surface area contributed by atoms with Crippen LogP contribution in [0.5, 0.6) is 0 Å². The monoisotopic (exact) mass is 366 g/mol. The average molecular weight is 367 g/mol.